The van der Waals surface area contributed by atoms with Gasteiger partial charge in [0.2, 0.25) is 5.91 Å². The van der Waals surface area contributed by atoms with Gasteiger partial charge in [-0.15, -0.1) is 12.4 Å². The molecular formula is C17H22Cl3N3O2. The van der Waals surface area contributed by atoms with Crippen molar-refractivity contribution >= 4 is 47.4 Å². The highest BCUT2D eigenvalue weighted by atomic mass is 35.5. The molecule has 1 saturated carbocycles. The number of nitrogens with zero attached hydrogens (tertiary/aromatic N) is 2. The van der Waals surface area contributed by atoms with Crippen LogP contribution in [0.1, 0.15) is 29.6 Å². The van der Waals surface area contributed by atoms with Crippen LogP contribution in [0.5, 0.6) is 0 Å². The van der Waals surface area contributed by atoms with Crippen molar-refractivity contribution in [2.75, 3.05) is 26.2 Å². The molecule has 0 radical (unpaired) electrons. The smallest absolute Gasteiger partial charge is 0.255 e. The van der Waals surface area contributed by atoms with E-state index in [1.807, 2.05) is 4.90 Å². The Labute approximate surface area is 163 Å². The third-order valence-corrected chi connectivity index (χ3v) is 5.41. The van der Waals surface area contributed by atoms with E-state index in [1.54, 1.807) is 23.1 Å². The zero-order chi connectivity index (χ0) is 17.3. The second-order valence-corrected chi connectivity index (χ2v) is 7.36. The van der Waals surface area contributed by atoms with Gasteiger partial charge in [-0.1, -0.05) is 23.2 Å². The van der Waals surface area contributed by atoms with E-state index in [-0.39, 0.29) is 36.2 Å². The van der Waals surface area contributed by atoms with Gasteiger partial charge in [0.15, 0.2) is 0 Å². The highest BCUT2D eigenvalue weighted by Gasteiger charge is 2.33. The molecule has 1 aliphatic carbocycles. The number of nitrogens with two attached hydrogens (primary N) is 1. The Morgan fingerprint density at radius 3 is 2.24 bits per heavy atom. The van der Waals surface area contributed by atoms with Gasteiger partial charge < -0.3 is 15.5 Å². The summed E-state index contributed by atoms with van der Waals surface area (Å²) in [6, 6.07) is 5.02. The molecule has 2 atom stereocenters. The molecule has 1 saturated heterocycles. The number of hydrogen-bond acceptors (Lipinski definition) is 3. The minimum Gasteiger partial charge on any atom is -0.339 e. The first-order chi connectivity index (χ1) is 11.5. The van der Waals surface area contributed by atoms with Crippen LogP contribution in [0.3, 0.4) is 0 Å². The van der Waals surface area contributed by atoms with E-state index in [2.05, 4.69) is 0 Å². The predicted molar refractivity (Wildman–Crippen MR) is 102 cm³/mol. The summed E-state index contributed by atoms with van der Waals surface area (Å²) >= 11 is 12.0. The molecule has 1 heterocycles. The Balaban J connectivity index is 0.00000225. The van der Waals surface area contributed by atoms with E-state index >= 15 is 0 Å². The normalized spacial score (nSPS) is 23.3. The average Bonchev–Trinajstić information content (AvgIpc) is 3.00. The Kier molecular flexibility index (Phi) is 6.97. The van der Waals surface area contributed by atoms with Crippen LogP contribution in [0.2, 0.25) is 10.0 Å². The fourth-order valence-electron chi connectivity index (χ4n) is 3.46. The average molecular weight is 407 g/mol. The standard InChI is InChI=1S/C17H21Cl2N3O2.ClH/c18-12-2-4-14(15(19)10-12)17(24)22-7-5-21(6-8-22)16(23)11-1-3-13(20)9-11;/h2,4,10-11,13H,1,3,5-9,20H2;1H. The molecular weight excluding hydrogens is 385 g/mol. The van der Waals surface area contributed by atoms with Gasteiger partial charge in [-0.25, -0.2) is 0 Å². The second-order valence-electron chi connectivity index (χ2n) is 6.51. The first kappa shape index (κ1) is 20.3. The summed E-state index contributed by atoms with van der Waals surface area (Å²) in [4.78, 5) is 28.7. The third-order valence-electron chi connectivity index (χ3n) is 4.86. The molecule has 138 valence electrons. The number of carbonyl (C=O) groups is 2. The zero-order valence-corrected chi connectivity index (χ0v) is 16.1. The molecule has 1 aromatic carbocycles. The molecule has 0 bridgehead atoms. The maximum absolute atomic E-state index is 12.6. The Hall–Kier alpha value is -1.01. The van der Waals surface area contributed by atoms with Gasteiger partial charge in [-0.3, -0.25) is 9.59 Å². The summed E-state index contributed by atoms with van der Waals surface area (Å²) in [5, 5.41) is 0.854. The van der Waals surface area contributed by atoms with Gasteiger partial charge in [0, 0.05) is 43.2 Å². The lowest BCUT2D eigenvalue weighted by atomic mass is 10.1. The fourth-order valence-corrected chi connectivity index (χ4v) is 3.95. The van der Waals surface area contributed by atoms with Crippen molar-refractivity contribution in [1.29, 1.82) is 0 Å². The van der Waals surface area contributed by atoms with Gasteiger partial charge in [0.05, 0.1) is 10.6 Å². The van der Waals surface area contributed by atoms with E-state index in [0.29, 0.717) is 41.8 Å². The molecule has 2 fully saturated rings. The number of carbonyl (C=O) groups excluding carboxylic acids is 2. The summed E-state index contributed by atoms with van der Waals surface area (Å²) < 4.78 is 0. The number of amides is 2. The lowest BCUT2D eigenvalue weighted by molar-refractivity contribution is -0.136. The van der Waals surface area contributed by atoms with Gasteiger partial charge >= 0.3 is 0 Å². The lowest BCUT2D eigenvalue weighted by Gasteiger charge is -2.36. The van der Waals surface area contributed by atoms with E-state index < -0.39 is 0 Å². The maximum atomic E-state index is 12.6. The maximum Gasteiger partial charge on any atom is 0.255 e. The van der Waals surface area contributed by atoms with Crippen molar-refractivity contribution in [1.82, 2.24) is 9.80 Å². The van der Waals surface area contributed by atoms with Crippen LogP contribution in [-0.2, 0) is 4.79 Å². The number of benzene rings is 1. The van der Waals surface area contributed by atoms with Gasteiger partial charge in [-0.2, -0.15) is 0 Å². The molecule has 2 aliphatic rings. The lowest BCUT2D eigenvalue weighted by Crippen LogP contribution is -2.51. The van der Waals surface area contributed by atoms with Gasteiger partial charge in [-0.05, 0) is 37.5 Å². The highest BCUT2D eigenvalue weighted by Crippen LogP contribution is 2.27. The van der Waals surface area contributed by atoms with Crippen LogP contribution in [0, 0.1) is 5.92 Å². The van der Waals surface area contributed by atoms with Crippen LogP contribution in [-0.4, -0.2) is 53.8 Å². The summed E-state index contributed by atoms with van der Waals surface area (Å²) in [5.74, 6) is 0.110. The molecule has 3 rings (SSSR count). The topological polar surface area (TPSA) is 66.6 Å². The molecule has 2 N–H and O–H groups in total. The second kappa shape index (κ2) is 8.58. The van der Waals surface area contributed by atoms with E-state index in [0.717, 1.165) is 19.3 Å². The Morgan fingerprint density at radius 2 is 1.68 bits per heavy atom. The number of rotatable bonds is 2. The minimum atomic E-state index is -0.119. The molecule has 1 aliphatic heterocycles. The zero-order valence-electron chi connectivity index (χ0n) is 13.8. The van der Waals surface area contributed by atoms with Crippen LogP contribution in [0.25, 0.3) is 0 Å². The molecule has 0 aromatic heterocycles. The summed E-state index contributed by atoms with van der Waals surface area (Å²) in [5.41, 5.74) is 6.34. The number of piperazine rings is 1. The van der Waals surface area contributed by atoms with Crippen molar-refractivity contribution in [2.45, 2.75) is 25.3 Å². The first-order valence-corrected chi connectivity index (χ1v) is 9.00. The van der Waals surface area contributed by atoms with Crippen LogP contribution in [0.15, 0.2) is 18.2 Å². The molecule has 8 heteroatoms. The molecule has 2 amide bonds. The Bertz CT molecular complexity index is 648. The van der Waals surface area contributed by atoms with Crippen LogP contribution in [0.4, 0.5) is 0 Å². The summed E-state index contributed by atoms with van der Waals surface area (Å²) in [6.45, 7) is 2.15. The summed E-state index contributed by atoms with van der Waals surface area (Å²) in [7, 11) is 0. The fraction of sp³-hybridized carbons (Fsp3) is 0.529. The molecule has 0 spiro atoms. The van der Waals surface area contributed by atoms with Crippen LogP contribution >= 0.6 is 35.6 Å². The number of halogens is 3. The monoisotopic (exact) mass is 405 g/mol. The predicted octanol–water partition coefficient (Wildman–Crippen LogP) is 2.83. The number of hydrogen-bond donors (Lipinski definition) is 1. The van der Waals surface area contributed by atoms with E-state index in [9.17, 15) is 9.59 Å². The minimum absolute atomic E-state index is 0. The van der Waals surface area contributed by atoms with E-state index in [4.69, 9.17) is 28.9 Å². The molecule has 25 heavy (non-hydrogen) atoms. The van der Waals surface area contributed by atoms with Crippen molar-refractivity contribution in [3.8, 4) is 0 Å². The van der Waals surface area contributed by atoms with Gasteiger partial charge in [0.25, 0.3) is 5.91 Å². The largest absolute Gasteiger partial charge is 0.339 e. The van der Waals surface area contributed by atoms with Gasteiger partial charge in [0.1, 0.15) is 0 Å². The highest BCUT2D eigenvalue weighted by molar-refractivity contribution is 6.36. The quantitative estimate of drug-likeness (QED) is 0.821. The van der Waals surface area contributed by atoms with Crippen molar-refractivity contribution in [3.05, 3.63) is 33.8 Å². The summed E-state index contributed by atoms with van der Waals surface area (Å²) in [6.07, 6.45) is 2.57. The molecule has 5 nitrogen and oxygen atoms in total. The third kappa shape index (κ3) is 4.59. The van der Waals surface area contributed by atoms with Crippen molar-refractivity contribution in [2.24, 2.45) is 11.7 Å². The van der Waals surface area contributed by atoms with Crippen molar-refractivity contribution < 1.29 is 9.59 Å². The first-order valence-electron chi connectivity index (χ1n) is 8.24. The Morgan fingerprint density at radius 1 is 1.04 bits per heavy atom. The van der Waals surface area contributed by atoms with Crippen molar-refractivity contribution in [3.63, 3.8) is 0 Å². The molecule has 1 aromatic rings. The van der Waals surface area contributed by atoms with E-state index in [1.165, 1.54) is 0 Å². The molecule has 2 unspecified atom stereocenters. The van der Waals surface area contributed by atoms with Crippen LogP contribution < -0.4 is 5.73 Å². The SMILES string of the molecule is Cl.NC1CCC(C(=O)N2CCN(C(=O)c3ccc(Cl)cc3Cl)CC2)C1.